The maximum atomic E-state index is 15.4. The number of hydrogen-bond acceptors (Lipinski definition) is 8. The number of carbonyl (C=O) groups excluding carboxylic acids is 1. The molecule has 2 aromatic rings. The molecule has 0 radical (unpaired) electrons. The number of halogens is 2. The van der Waals surface area contributed by atoms with Crippen molar-refractivity contribution in [1.82, 2.24) is 14.9 Å². The lowest BCUT2D eigenvalue weighted by atomic mass is 9.88. The number of piperidine rings is 1. The van der Waals surface area contributed by atoms with Gasteiger partial charge < -0.3 is 26.2 Å². The van der Waals surface area contributed by atoms with Crippen LogP contribution in [0, 0.1) is 11.6 Å². The van der Waals surface area contributed by atoms with Crippen molar-refractivity contribution >= 4 is 17.5 Å². The normalized spacial score (nSPS) is 23.3. The van der Waals surface area contributed by atoms with Gasteiger partial charge in [0.05, 0.1) is 12.6 Å². The average Bonchev–Trinajstić information content (AvgIpc) is 3.61. The van der Waals surface area contributed by atoms with Crippen molar-refractivity contribution in [2.75, 3.05) is 36.4 Å². The number of anilines is 2. The number of nitrogens with one attached hydrogen (secondary N) is 1. The molecule has 1 saturated carbocycles. The molecule has 2 fully saturated rings. The third-order valence-corrected chi connectivity index (χ3v) is 6.18. The summed E-state index contributed by atoms with van der Waals surface area (Å²) in [6.45, 7) is 0.430. The first-order chi connectivity index (χ1) is 15.8. The van der Waals surface area contributed by atoms with Gasteiger partial charge in [-0.2, -0.15) is 4.39 Å². The van der Waals surface area contributed by atoms with Gasteiger partial charge in [0.15, 0.2) is 11.6 Å². The van der Waals surface area contributed by atoms with Crippen LogP contribution in [0.4, 0.5) is 20.4 Å². The number of nitrogens with zero attached hydrogens (tertiary/aromatic N) is 4. The van der Waals surface area contributed by atoms with Crippen LogP contribution in [0.3, 0.4) is 0 Å². The summed E-state index contributed by atoms with van der Waals surface area (Å²) in [5.74, 6) is -1.64. The van der Waals surface area contributed by atoms with Crippen LogP contribution in [0.15, 0.2) is 30.6 Å². The Kier molecular flexibility index (Phi) is 6.73. The van der Waals surface area contributed by atoms with E-state index < -0.39 is 23.4 Å². The quantitative estimate of drug-likeness (QED) is 0.427. The number of β-amino-alcohol motifs (C(OH)–C–C–N with tert-alkyl or cyclic N) is 1. The van der Waals surface area contributed by atoms with Crippen molar-refractivity contribution in [3.8, 4) is 0 Å². The molecular weight excluding hydrogens is 434 g/mol. The molecule has 1 aromatic carbocycles. The monoisotopic (exact) mass is 462 g/mol. The fourth-order valence-electron chi connectivity index (χ4n) is 4.09. The lowest BCUT2D eigenvalue weighted by molar-refractivity contribution is -0.127. The number of benzene rings is 1. The number of likely N-dealkylation sites (tertiary alicyclic amines) is 1. The highest BCUT2D eigenvalue weighted by Crippen LogP contribution is 2.35. The van der Waals surface area contributed by atoms with Crippen molar-refractivity contribution < 1.29 is 23.8 Å². The molecule has 178 valence electrons. The number of aliphatic hydroxyl groups is 2. The molecule has 4 rings (SSSR count). The lowest BCUT2D eigenvalue weighted by Crippen LogP contribution is -2.59. The minimum Gasteiger partial charge on any atom is -0.389 e. The van der Waals surface area contributed by atoms with Gasteiger partial charge in [0, 0.05) is 37.8 Å². The first-order valence-corrected chi connectivity index (χ1v) is 10.9. The Labute approximate surface area is 190 Å². The molecule has 9 nitrogen and oxygen atoms in total. The summed E-state index contributed by atoms with van der Waals surface area (Å²) < 4.78 is 29.6. The fourth-order valence-corrected chi connectivity index (χ4v) is 4.09. The number of carbonyl (C=O) groups is 1. The first-order valence-electron chi connectivity index (χ1n) is 10.9. The van der Waals surface area contributed by atoms with Crippen LogP contribution >= 0.6 is 0 Å². The van der Waals surface area contributed by atoms with Gasteiger partial charge in [0.1, 0.15) is 17.7 Å². The van der Waals surface area contributed by atoms with Crippen molar-refractivity contribution in [3.63, 3.8) is 0 Å². The summed E-state index contributed by atoms with van der Waals surface area (Å²) in [6.07, 6.45) is 1.93. The summed E-state index contributed by atoms with van der Waals surface area (Å²) in [6, 6.07) is 6.41. The van der Waals surface area contributed by atoms with E-state index in [0.29, 0.717) is 12.1 Å². The van der Waals surface area contributed by atoms with E-state index in [-0.39, 0.29) is 56.1 Å². The molecule has 1 aliphatic heterocycles. The molecule has 0 unspecified atom stereocenters. The largest absolute Gasteiger partial charge is 0.389 e. The van der Waals surface area contributed by atoms with Gasteiger partial charge >= 0.3 is 0 Å². The summed E-state index contributed by atoms with van der Waals surface area (Å²) in [5.41, 5.74) is 4.10. The maximum Gasteiger partial charge on any atom is 0.231 e. The highest BCUT2D eigenvalue weighted by atomic mass is 19.1. The zero-order chi connectivity index (χ0) is 23.6. The van der Waals surface area contributed by atoms with Crippen molar-refractivity contribution in [3.05, 3.63) is 47.8 Å². The zero-order valence-corrected chi connectivity index (χ0v) is 18.1. The van der Waals surface area contributed by atoms with Crippen LogP contribution in [0.2, 0.25) is 0 Å². The predicted molar refractivity (Wildman–Crippen MR) is 117 cm³/mol. The van der Waals surface area contributed by atoms with E-state index in [2.05, 4.69) is 15.3 Å². The predicted octanol–water partition coefficient (Wildman–Crippen LogP) is 0.619. The van der Waals surface area contributed by atoms with Crippen LogP contribution in [-0.2, 0) is 11.3 Å². The Hall–Kier alpha value is -2.89. The number of aliphatic hydroxyl groups excluding tert-OH is 1. The molecule has 0 bridgehead atoms. The van der Waals surface area contributed by atoms with Crippen LogP contribution in [0.1, 0.15) is 24.8 Å². The average molecular weight is 463 g/mol. The molecule has 1 saturated heterocycles. The number of hydrogen-bond donors (Lipinski definition) is 4. The van der Waals surface area contributed by atoms with Gasteiger partial charge in [0.2, 0.25) is 11.7 Å². The van der Waals surface area contributed by atoms with Gasteiger partial charge in [-0.3, -0.25) is 9.69 Å². The third-order valence-electron chi connectivity index (χ3n) is 6.18. The molecule has 1 amide bonds. The second kappa shape index (κ2) is 9.54. The van der Waals surface area contributed by atoms with E-state index >= 15 is 4.39 Å². The number of rotatable bonds is 9. The topological polar surface area (TPSA) is 128 Å². The molecule has 5 N–H and O–H groups in total. The SMILES string of the molecule is NC(=O)CN1CC[C@](O)(CNc2ncnc(N(Cc3ccccc3F)C3CC3)c2F)[C@@H](O)C1. The third kappa shape index (κ3) is 5.37. The fraction of sp³-hybridized carbons (Fsp3) is 0.500. The summed E-state index contributed by atoms with van der Waals surface area (Å²) in [4.78, 5) is 22.5. The molecule has 2 aliphatic rings. The minimum absolute atomic E-state index is 0.0104. The second-order valence-electron chi connectivity index (χ2n) is 8.73. The summed E-state index contributed by atoms with van der Waals surface area (Å²) in [5, 5.41) is 24.1. The molecule has 0 spiro atoms. The number of nitrogens with two attached hydrogens (primary N) is 1. The van der Waals surface area contributed by atoms with Crippen LogP contribution < -0.4 is 16.0 Å². The Balaban J connectivity index is 1.47. The van der Waals surface area contributed by atoms with Gasteiger partial charge in [-0.25, -0.2) is 14.4 Å². The van der Waals surface area contributed by atoms with Gasteiger partial charge in [-0.15, -0.1) is 0 Å². The van der Waals surface area contributed by atoms with Crippen molar-refractivity contribution in [1.29, 1.82) is 0 Å². The highest BCUT2D eigenvalue weighted by molar-refractivity contribution is 5.75. The van der Waals surface area contributed by atoms with Crippen LogP contribution in [0.5, 0.6) is 0 Å². The van der Waals surface area contributed by atoms with E-state index in [1.54, 1.807) is 28.0 Å². The van der Waals surface area contributed by atoms with E-state index in [1.807, 2.05) is 0 Å². The molecule has 1 aliphatic carbocycles. The Morgan fingerprint density at radius 2 is 2.06 bits per heavy atom. The summed E-state index contributed by atoms with van der Waals surface area (Å²) >= 11 is 0. The number of aromatic nitrogens is 2. The lowest BCUT2D eigenvalue weighted by Gasteiger charge is -2.41. The molecule has 11 heteroatoms. The van der Waals surface area contributed by atoms with E-state index in [9.17, 15) is 19.4 Å². The van der Waals surface area contributed by atoms with E-state index in [0.717, 1.165) is 12.8 Å². The highest BCUT2D eigenvalue weighted by Gasteiger charge is 2.41. The molecule has 1 aromatic heterocycles. The van der Waals surface area contributed by atoms with Gasteiger partial charge in [-0.05, 0) is 25.3 Å². The maximum absolute atomic E-state index is 15.4. The summed E-state index contributed by atoms with van der Waals surface area (Å²) in [7, 11) is 0. The van der Waals surface area contributed by atoms with Gasteiger partial charge in [0.25, 0.3) is 0 Å². The Morgan fingerprint density at radius 3 is 2.73 bits per heavy atom. The first kappa shape index (κ1) is 23.3. The van der Waals surface area contributed by atoms with Crippen LogP contribution in [0.25, 0.3) is 0 Å². The number of primary amides is 1. The zero-order valence-electron chi connectivity index (χ0n) is 18.1. The van der Waals surface area contributed by atoms with Gasteiger partial charge in [-0.1, -0.05) is 18.2 Å². The molecule has 2 heterocycles. The van der Waals surface area contributed by atoms with Crippen LogP contribution in [-0.4, -0.2) is 74.9 Å². The van der Waals surface area contributed by atoms with E-state index in [1.165, 1.54) is 12.4 Å². The number of amides is 1. The van der Waals surface area contributed by atoms with Crippen molar-refractivity contribution in [2.45, 2.75) is 43.6 Å². The second-order valence-corrected chi connectivity index (χ2v) is 8.73. The molecular formula is C22H28F2N6O3. The molecule has 2 atom stereocenters. The van der Waals surface area contributed by atoms with E-state index in [4.69, 9.17) is 5.73 Å². The Morgan fingerprint density at radius 1 is 1.30 bits per heavy atom. The minimum atomic E-state index is -1.53. The smallest absolute Gasteiger partial charge is 0.231 e. The van der Waals surface area contributed by atoms with Crippen molar-refractivity contribution in [2.24, 2.45) is 5.73 Å². The Bertz CT molecular complexity index is 1010. The standard InChI is InChI=1S/C22H28F2N6O3/c23-16-4-2-1-3-14(16)9-30(15-5-6-15)21-19(24)20(27-13-28-21)26-12-22(33)7-8-29(10-17(22)31)11-18(25)32/h1-4,13,15,17,31,33H,5-12H2,(H2,25,32)(H,26,27,28)/t17-,22-/m0/s1. The molecule has 33 heavy (non-hydrogen) atoms.